The Morgan fingerprint density at radius 2 is 1.30 bits per heavy atom. The van der Waals surface area contributed by atoms with E-state index in [9.17, 15) is 0 Å². The Morgan fingerprint density at radius 1 is 0.700 bits per heavy atom. The van der Waals surface area contributed by atoms with Crippen LogP contribution in [0.5, 0.6) is 0 Å². The first-order chi connectivity index (χ1) is 14.8. The van der Waals surface area contributed by atoms with Crippen molar-refractivity contribution in [2.45, 2.75) is 13.3 Å². The average molecular weight is 390 g/mol. The zero-order valence-corrected chi connectivity index (χ0v) is 16.9. The summed E-state index contributed by atoms with van der Waals surface area (Å²) in [4.78, 5) is 0. The molecule has 0 unspecified atom stereocenters. The molecule has 30 heavy (non-hydrogen) atoms. The van der Waals surface area contributed by atoms with Gasteiger partial charge in [-0.1, -0.05) is 85.8 Å². The first-order valence-electron chi connectivity index (χ1n) is 10.3. The molecule has 2 aromatic heterocycles. The van der Waals surface area contributed by atoms with Crippen LogP contribution in [0.4, 0.5) is 0 Å². The zero-order chi connectivity index (χ0) is 20.3. The highest BCUT2D eigenvalue weighted by Gasteiger charge is 2.20. The van der Waals surface area contributed by atoms with E-state index in [2.05, 4.69) is 121 Å². The number of aryl methyl sites for hydroxylation is 1. The molecule has 0 aliphatic carbocycles. The van der Waals surface area contributed by atoms with Gasteiger partial charge in [0.2, 0.25) is 0 Å². The van der Waals surface area contributed by atoms with Gasteiger partial charge in [-0.25, -0.2) is 4.68 Å². The summed E-state index contributed by atoms with van der Waals surface area (Å²) in [6.45, 7) is 2.13. The van der Waals surface area contributed by atoms with Crippen molar-refractivity contribution in [2.75, 3.05) is 0 Å². The van der Waals surface area contributed by atoms with Crippen LogP contribution in [-0.2, 0) is 6.42 Å². The number of rotatable bonds is 5. The fraction of sp³-hybridized carbons (Fsp3) is 0.0741. The van der Waals surface area contributed by atoms with Gasteiger partial charge in [-0.15, -0.1) is 0 Å². The van der Waals surface area contributed by atoms with Crippen molar-refractivity contribution in [3.8, 4) is 33.9 Å². The molecule has 0 saturated carbocycles. The number of aromatic nitrogens is 3. The number of nitrogens with zero attached hydrogens (tertiary/aromatic N) is 3. The van der Waals surface area contributed by atoms with Gasteiger partial charge in [0.25, 0.3) is 0 Å². The molecule has 0 saturated heterocycles. The third-order valence-electron chi connectivity index (χ3n) is 5.37. The lowest BCUT2D eigenvalue weighted by atomic mass is 10.0. The van der Waals surface area contributed by atoms with Crippen LogP contribution >= 0.6 is 0 Å². The second-order valence-electron chi connectivity index (χ2n) is 7.27. The van der Waals surface area contributed by atoms with E-state index in [1.54, 1.807) is 0 Å². The van der Waals surface area contributed by atoms with Crippen LogP contribution in [0, 0.1) is 0 Å². The minimum absolute atomic E-state index is 0.913. The van der Waals surface area contributed by atoms with E-state index in [-0.39, 0.29) is 0 Å². The van der Waals surface area contributed by atoms with Gasteiger partial charge in [0.1, 0.15) is 5.82 Å². The molecule has 5 rings (SSSR count). The fourth-order valence-electron chi connectivity index (χ4n) is 3.90. The number of hydrogen-bond donors (Lipinski definition) is 0. The normalized spacial score (nSPS) is 11.0. The SMILES string of the molecule is CCc1ccn(-c2cc(-c3ccccc3)c(-c3ccccc3)n2-c2ccccc2)n1. The standard InChI is InChI=1S/C27H23N3/c1-2-23-18-19-29(28-23)26-20-25(21-12-6-3-7-13-21)27(22-14-8-4-9-15-22)30(26)24-16-10-5-11-17-24/h3-20H,2H2,1H3. The van der Waals surface area contributed by atoms with E-state index >= 15 is 0 Å². The zero-order valence-electron chi connectivity index (χ0n) is 16.9. The highest BCUT2D eigenvalue weighted by Crippen LogP contribution is 2.38. The molecule has 3 aromatic carbocycles. The molecular formula is C27H23N3. The minimum atomic E-state index is 0.913. The molecular weight excluding hydrogens is 366 g/mol. The van der Waals surface area contributed by atoms with Crippen LogP contribution in [-0.4, -0.2) is 14.3 Å². The lowest BCUT2D eigenvalue weighted by Gasteiger charge is -2.15. The largest absolute Gasteiger partial charge is 0.294 e. The molecule has 0 spiro atoms. The Morgan fingerprint density at radius 3 is 1.90 bits per heavy atom. The van der Waals surface area contributed by atoms with E-state index < -0.39 is 0 Å². The Balaban J connectivity index is 1.86. The highest BCUT2D eigenvalue weighted by atomic mass is 15.3. The molecule has 0 aliphatic rings. The predicted molar refractivity (Wildman–Crippen MR) is 123 cm³/mol. The van der Waals surface area contributed by atoms with Gasteiger partial charge in [0.15, 0.2) is 0 Å². The van der Waals surface area contributed by atoms with E-state index in [0.717, 1.165) is 29.3 Å². The Hall–Kier alpha value is -3.85. The number of hydrogen-bond acceptors (Lipinski definition) is 1. The van der Waals surface area contributed by atoms with Crippen molar-refractivity contribution in [2.24, 2.45) is 0 Å². The van der Waals surface area contributed by atoms with E-state index in [0.29, 0.717) is 0 Å². The monoisotopic (exact) mass is 389 g/mol. The Labute approximate surface area is 176 Å². The highest BCUT2D eigenvalue weighted by molar-refractivity contribution is 5.85. The fourth-order valence-corrected chi connectivity index (χ4v) is 3.90. The average Bonchev–Trinajstić information content (AvgIpc) is 3.46. The van der Waals surface area contributed by atoms with Crippen molar-refractivity contribution >= 4 is 0 Å². The molecule has 0 atom stereocenters. The first kappa shape index (κ1) is 18.2. The molecule has 5 aromatic rings. The Kier molecular flexibility index (Phi) is 4.78. The Bertz CT molecular complexity index is 1250. The van der Waals surface area contributed by atoms with Gasteiger partial charge in [-0.2, -0.15) is 5.10 Å². The van der Waals surface area contributed by atoms with Crippen LogP contribution in [0.1, 0.15) is 12.6 Å². The maximum atomic E-state index is 4.82. The van der Waals surface area contributed by atoms with Gasteiger partial charge in [-0.05, 0) is 41.8 Å². The summed E-state index contributed by atoms with van der Waals surface area (Å²) in [5, 5.41) is 4.82. The van der Waals surface area contributed by atoms with Crippen LogP contribution in [0.2, 0.25) is 0 Å². The minimum Gasteiger partial charge on any atom is -0.294 e. The lowest BCUT2D eigenvalue weighted by Crippen LogP contribution is -2.06. The summed E-state index contributed by atoms with van der Waals surface area (Å²) in [6, 6.07) is 36.0. The first-order valence-corrected chi connectivity index (χ1v) is 10.3. The summed E-state index contributed by atoms with van der Waals surface area (Å²) in [6.07, 6.45) is 2.97. The molecule has 0 N–H and O–H groups in total. The molecule has 0 amide bonds. The molecule has 146 valence electrons. The van der Waals surface area contributed by atoms with Gasteiger partial charge < -0.3 is 0 Å². The third-order valence-corrected chi connectivity index (χ3v) is 5.37. The third kappa shape index (κ3) is 3.25. The van der Waals surface area contributed by atoms with Crippen molar-refractivity contribution in [1.82, 2.24) is 14.3 Å². The van der Waals surface area contributed by atoms with Crippen molar-refractivity contribution in [1.29, 1.82) is 0 Å². The van der Waals surface area contributed by atoms with Crippen LogP contribution in [0.25, 0.3) is 33.9 Å². The molecule has 0 fully saturated rings. The maximum absolute atomic E-state index is 4.82. The summed E-state index contributed by atoms with van der Waals surface area (Å²) < 4.78 is 4.30. The van der Waals surface area contributed by atoms with Gasteiger partial charge in [0.05, 0.1) is 11.4 Å². The van der Waals surface area contributed by atoms with E-state index in [1.165, 1.54) is 16.7 Å². The van der Waals surface area contributed by atoms with Crippen molar-refractivity contribution < 1.29 is 0 Å². The van der Waals surface area contributed by atoms with E-state index in [4.69, 9.17) is 5.10 Å². The molecule has 2 heterocycles. The number of benzene rings is 3. The quantitative estimate of drug-likeness (QED) is 0.334. The maximum Gasteiger partial charge on any atom is 0.139 e. The van der Waals surface area contributed by atoms with Crippen LogP contribution in [0.3, 0.4) is 0 Å². The second kappa shape index (κ2) is 7.88. The van der Waals surface area contributed by atoms with Crippen molar-refractivity contribution in [3.63, 3.8) is 0 Å². The predicted octanol–water partition coefficient (Wildman–Crippen LogP) is 6.56. The van der Waals surface area contributed by atoms with E-state index in [1.807, 2.05) is 4.68 Å². The summed E-state index contributed by atoms with van der Waals surface area (Å²) in [5.74, 6) is 1.03. The molecule has 3 nitrogen and oxygen atoms in total. The molecule has 0 aliphatic heterocycles. The second-order valence-corrected chi connectivity index (χ2v) is 7.27. The molecule has 3 heteroatoms. The topological polar surface area (TPSA) is 22.8 Å². The van der Waals surface area contributed by atoms with Gasteiger partial charge >= 0.3 is 0 Å². The van der Waals surface area contributed by atoms with Crippen LogP contribution < -0.4 is 0 Å². The van der Waals surface area contributed by atoms with Crippen LogP contribution in [0.15, 0.2) is 109 Å². The van der Waals surface area contributed by atoms with Gasteiger partial charge in [0, 0.05) is 17.4 Å². The lowest BCUT2D eigenvalue weighted by molar-refractivity contribution is 0.795. The number of para-hydroxylation sites is 1. The molecule has 0 radical (unpaired) electrons. The molecule has 0 bridgehead atoms. The summed E-state index contributed by atoms with van der Waals surface area (Å²) in [5.41, 5.74) is 6.91. The van der Waals surface area contributed by atoms with Crippen molar-refractivity contribution in [3.05, 3.63) is 115 Å². The smallest absolute Gasteiger partial charge is 0.139 e. The van der Waals surface area contributed by atoms with Gasteiger partial charge in [-0.3, -0.25) is 4.57 Å². The summed E-state index contributed by atoms with van der Waals surface area (Å²) >= 11 is 0. The summed E-state index contributed by atoms with van der Waals surface area (Å²) in [7, 11) is 0.